The summed E-state index contributed by atoms with van der Waals surface area (Å²) in [6.07, 6.45) is 7.03. The minimum Gasteiger partial charge on any atom is -0.378 e. The number of nitrogens with zero attached hydrogens (tertiary/aromatic N) is 1. The Morgan fingerprint density at radius 2 is 1.94 bits per heavy atom. The predicted octanol–water partition coefficient (Wildman–Crippen LogP) is 3.89. The highest BCUT2D eigenvalue weighted by Crippen LogP contribution is 2.11. The molecule has 0 aliphatic carbocycles. The SMILES string of the molecule is CC(C)=C/C(Cl)=C\C/C(C=O)=C\N(C)C(C)C. The minimum atomic E-state index is 0.377. The van der Waals surface area contributed by atoms with Crippen molar-refractivity contribution in [1.29, 1.82) is 0 Å². The molecule has 2 nitrogen and oxygen atoms in total. The normalized spacial score (nSPS) is 12.6. The van der Waals surface area contributed by atoms with Crippen molar-refractivity contribution in [3.8, 4) is 0 Å². The van der Waals surface area contributed by atoms with Gasteiger partial charge in [-0.15, -0.1) is 0 Å². The zero-order valence-electron chi connectivity index (χ0n) is 11.3. The van der Waals surface area contributed by atoms with Gasteiger partial charge in [-0.25, -0.2) is 0 Å². The summed E-state index contributed by atoms with van der Waals surface area (Å²) >= 11 is 6.00. The second-order valence-electron chi connectivity index (χ2n) is 4.60. The first-order chi connectivity index (χ1) is 7.86. The molecule has 0 aliphatic heterocycles. The van der Waals surface area contributed by atoms with Crippen molar-refractivity contribution < 1.29 is 4.79 Å². The third-order valence-corrected chi connectivity index (χ3v) is 2.56. The molecule has 0 saturated carbocycles. The summed E-state index contributed by atoms with van der Waals surface area (Å²) in [7, 11) is 1.95. The number of halogens is 1. The first kappa shape index (κ1) is 16.0. The summed E-state index contributed by atoms with van der Waals surface area (Å²) in [5.41, 5.74) is 1.86. The lowest BCUT2D eigenvalue weighted by Gasteiger charge is -2.19. The van der Waals surface area contributed by atoms with E-state index in [1.54, 1.807) is 0 Å². The Bertz CT molecular complexity index is 336. The van der Waals surface area contributed by atoms with Crippen molar-refractivity contribution in [2.24, 2.45) is 0 Å². The topological polar surface area (TPSA) is 20.3 Å². The number of aldehydes is 1. The van der Waals surface area contributed by atoms with Gasteiger partial charge in [0.15, 0.2) is 0 Å². The van der Waals surface area contributed by atoms with Crippen LogP contribution in [0.25, 0.3) is 0 Å². The quantitative estimate of drug-likeness (QED) is 0.408. The van der Waals surface area contributed by atoms with E-state index in [1.165, 1.54) is 0 Å². The number of carbonyl (C=O) groups excluding carboxylic acids is 1. The Morgan fingerprint density at radius 3 is 2.35 bits per heavy atom. The Labute approximate surface area is 110 Å². The van der Waals surface area contributed by atoms with Gasteiger partial charge in [0, 0.05) is 29.9 Å². The molecule has 0 N–H and O–H groups in total. The van der Waals surface area contributed by atoms with Crippen LogP contribution >= 0.6 is 11.6 Å². The van der Waals surface area contributed by atoms with Gasteiger partial charge in [-0.2, -0.15) is 0 Å². The van der Waals surface area contributed by atoms with Crippen molar-refractivity contribution >= 4 is 17.9 Å². The van der Waals surface area contributed by atoms with E-state index >= 15 is 0 Å². The Morgan fingerprint density at radius 1 is 1.35 bits per heavy atom. The predicted molar refractivity (Wildman–Crippen MR) is 75.0 cm³/mol. The molecular formula is C14H22ClNO. The van der Waals surface area contributed by atoms with Gasteiger partial charge in [0.05, 0.1) is 0 Å². The second kappa shape index (κ2) is 8.13. The molecule has 0 atom stereocenters. The summed E-state index contributed by atoms with van der Waals surface area (Å²) in [5, 5.41) is 0.671. The van der Waals surface area contributed by atoms with Crippen LogP contribution in [-0.2, 0) is 4.79 Å². The van der Waals surface area contributed by atoms with E-state index in [4.69, 9.17) is 11.6 Å². The number of allylic oxidation sites excluding steroid dienone is 5. The monoisotopic (exact) mass is 255 g/mol. The molecule has 0 heterocycles. The van der Waals surface area contributed by atoms with Gasteiger partial charge >= 0.3 is 0 Å². The van der Waals surface area contributed by atoms with Gasteiger partial charge in [0.1, 0.15) is 6.29 Å². The number of hydrogen-bond donors (Lipinski definition) is 0. The smallest absolute Gasteiger partial charge is 0.147 e. The molecular weight excluding hydrogens is 234 g/mol. The van der Waals surface area contributed by atoms with Crippen molar-refractivity contribution in [2.45, 2.75) is 40.2 Å². The molecule has 0 fully saturated rings. The maximum Gasteiger partial charge on any atom is 0.147 e. The van der Waals surface area contributed by atoms with Crippen LogP contribution in [0.4, 0.5) is 0 Å². The summed E-state index contributed by atoms with van der Waals surface area (Å²) in [4.78, 5) is 12.9. The lowest BCUT2D eigenvalue weighted by atomic mass is 10.2. The Hall–Kier alpha value is -1.02. The highest BCUT2D eigenvalue weighted by molar-refractivity contribution is 6.31. The van der Waals surface area contributed by atoms with E-state index in [2.05, 4.69) is 13.8 Å². The summed E-state index contributed by atoms with van der Waals surface area (Å²) < 4.78 is 0. The maximum absolute atomic E-state index is 10.9. The van der Waals surface area contributed by atoms with Crippen LogP contribution in [0.15, 0.2) is 34.5 Å². The molecule has 17 heavy (non-hydrogen) atoms. The molecule has 0 amide bonds. The average Bonchev–Trinajstić information content (AvgIpc) is 2.22. The molecule has 0 spiro atoms. The average molecular weight is 256 g/mol. The Kier molecular flexibility index (Phi) is 7.64. The fourth-order valence-electron chi connectivity index (χ4n) is 1.09. The molecule has 0 unspecified atom stereocenters. The van der Waals surface area contributed by atoms with Crippen LogP contribution in [-0.4, -0.2) is 24.3 Å². The first-order valence-corrected chi connectivity index (χ1v) is 6.13. The fourth-order valence-corrected chi connectivity index (χ4v) is 1.39. The van der Waals surface area contributed by atoms with Gasteiger partial charge in [0.25, 0.3) is 0 Å². The molecule has 96 valence electrons. The molecule has 0 radical (unpaired) electrons. The molecule has 0 rings (SSSR count). The van der Waals surface area contributed by atoms with Gasteiger partial charge < -0.3 is 4.90 Å². The summed E-state index contributed by atoms with van der Waals surface area (Å²) in [5.74, 6) is 0. The van der Waals surface area contributed by atoms with Crippen LogP contribution < -0.4 is 0 Å². The lowest BCUT2D eigenvalue weighted by molar-refractivity contribution is -0.105. The van der Waals surface area contributed by atoms with Gasteiger partial charge in [-0.1, -0.05) is 23.3 Å². The van der Waals surface area contributed by atoms with Crippen LogP contribution in [0.3, 0.4) is 0 Å². The first-order valence-electron chi connectivity index (χ1n) is 5.75. The van der Waals surface area contributed by atoms with Gasteiger partial charge in [-0.05, 0) is 40.2 Å². The molecule has 0 aliphatic rings. The van der Waals surface area contributed by atoms with Crippen molar-refractivity contribution in [2.75, 3.05) is 7.05 Å². The van der Waals surface area contributed by atoms with Crippen LogP contribution in [0.2, 0.25) is 0 Å². The largest absolute Gasteiger partial charge is 0.378 e. The number of carbonyl (C=O) groups is 1. The van der Waals surface area contributed by atoms with Crippen molar-refractivity contribution in [3.63, 3.8) is 0 Å². The maximum atomic E-state index is 10.9. The van der Waals surface area contributed by atoms with E-state index in [1.807, 2.05) is 44.1 Å². The Balaban J connectivity index is 4.63. The third-order valence-electron chi connectivity index (χ3n) is 2.29. The summed E-state index contributed by atoms with van der Waals surface area (Å²) in [6.45, 7) is 8.12. The van der Waals surface area contributed by atoms with E-state index in [0.717, 1.165) is 17.4 Å². The highest BCUT2D eigenvalue weighted by atomic mass is 35.5. The molecule has 0 aromatic rings. The van der Waals surface area contributed by atoms with Crippen LogP contribution in [0.1, 0.15) is 34.1 Å². The van der Waals surface area contributed by atoms with E-state index in [-0.39, 0.29) is 0 Å². The highest BCUT2D eigenvalue weighted by Gasteiger charge is 2.00. The van der Waals surface area contributed by atoms with E-state index < -0.39 is 0 Å². The van der Waals surface area contributed by atoms with Crippen LogP contribution in [0, 0.1) is 0 Å². The van der Waals surface area contributed by atoms with Gasteiger partial charge in [-0.3, -0.25) is 4.79 Å². The summed E-state index contributed by atoms with van der Waals surface area (Å²) in [6, 6.07) is 0.377. The second-order valence-corrected chi connectivity index (χ2v) is 5.03. The molecule has 0 aromatic carbocycles. The zero-order chi connectivity index (χ0) is 13.4. The standard InChI is InChI=1S/C14H22ClNO/c1-11(2)8-14(15)7-6-13(10-17)9-16(5)12(3)4/h7-10,12H,6H2,1-5H3/b13-9+,14-7+. The van der Waals surface area contributed by atoms with E-state index in [0.29, 0.717) is 17.5 Å². The third kappa shape index (κ3) is 7.81. The van der Waals surface area contributed by atoms with E-state index in [9.17, 15) is 4.79 Å². The molecule has 3 heteroatoms. The van der Waals surface area contributed by atoms with Gasteiger partial charge in [0.2, 0.25) is 0 Å². The van der Waals surface area contributed by atoms with Crippen molar-refractivity contribution in [3.05, 3.63) is 34.5 Å². The molecule has 0 bridgehead atoms. The fraction of sp³-hybridized carbons (Fsp3) is 0.500. The minimum absolute atomic E-state index is 0.377. The number of hydrogen-bond acceptors (Lipinski definition) is 2. The number of rotatable bonds is 6. The van der Waals surface area contributed by atoms with Crippen LogP contribution in [0.5, 0.6) is 0 Å². The molecule has 0 aromatic heterocycles. The van der Waals surface area contributed by atoms with Crippen molar-refractivity contribution in [1.82, 2.24) is 4.90 Å². The lowest BCUT2D eigenvalue weighted by Crippen LogP contribution is -2.20. The molecule has 0 saturated heterocycles. The zero-order valence-corrected chi connectivity index (χ0v) is 12.1.